The highest BCUT2D eigenvalue weighted by atomic mass is 16.7. The zero-order valence-corrected chi connectivity index (χ0v) is 37.7. The molecule has 2 aliphatic heterocycles. The van der Waals surface area contributed by atoms with Crippen LogP contribution in [0.1, 0.15) is 83.7 Å². The van der Waals surface area contributed by atoms with E-state index in [4.69, 9.17) is 38.8 Å². The maximum absolute atomic E-state index is 14.7. The second-order valence-electron chi connectivity index (χ2n) is 17.1. The summed E-state index contributed by atoms with van der Waals surface area (Å²) in [5.74, 6) is -6.81. The number of ketones is 1. The van der Waals surface area contributed by atoms with E-state index in [0.717, 1.165) is 19.3 Å². The van der Waals surface area contributed by atoms with Gasteiger partial charge in [0.15, 0.2) is 22.3 Å². The first-order valence-electron chi connectivity index (χ1n) is 21.6. The summed E-state index contributed by atoms with van der Waals surface area (Å²) in [5, 5.41) is 37.4. The molecule has 344 valence electrons. The van der Waals surface area contributed by atoms with Crippen LogP contribution in [0.15, 0.2) is 63.6 Å². The molecule has 2 aliphatic rings. The molecule has 0 saturated carbocycles. The van der Waals surface area contributed by atoms with Gasteiger partial charge in [0.1, 0.15) is 34.3 Å². The van der Waals surface area contributed by atoms with E-state index >= 15 is 0 Å². The molecule has 0 radical (unpaired) electrons. The molecule has 0 unspecified atom stereocenters. The Morgan fingerprint density at radius 3 is 2.41 bits per heavy atom. The van der Waals surface area contributed by atoms with E-state index in [-0.39, 0.29) is 55.6 Å². The van der Waals surface area contributed by atoms with Crippen LogP contribution in [-0.4, -0.2) is 88.4 Å². The van der Waals surface area contributed by atoms with Crippen molar-refractivity contribution in [3.63, 3.8) is 0 Å². The van der Waals surface area contributed by atoms with E-state index in [1.54, 1.807) is 58.0 Å². The van der Waals surface area contributed by atoms with E-state index in [2.05, 4.69) is 5.32 Å². The molecule has 1 amide bonds. The van der Waals surface area contributed by atoms with E-state index in [1.165, 1.54) is 53.2 Å². The van der Waals surface area contributed by atoms with Gasteiger partial charge < -0.3 is 54.5 Å². The number of aliphatic hydroxyl groups excluding tert-OH is 2. The predicted molar refractivity (Wildman–Crippen MR) is 240 cm³/mol. The number of phenols is 1. The zero-order valence-electron chi connectivity index (χ0n) is 37.7. The quantitative estimate of drug-likeness (QED) is 0.0417. The van der Waals surface area contributed by atoms with Crippen molar-refractivity contribution in [3.05, 3.63) is 75.7 Å². The Morgan fingerprint density at radius 1 is 0.984 bits per heavy atom. The number of hydrogen-bond donors (Lipinski definition) is 5. The molecule has 6 rings (SSSR count). The van der Waals surface area contributed by atoms with Crippen LogP contribution in [0.5, 0.6) is 17.2 Å². The molecule has 1 aromatic heterocycles. The number of carbonyl (C=O) groups is 3. The lowest BCUT2D eigenvalue weighted by Gasteiger charge is -2.38. The fraction of sp³-hybridized carbons (Fsp3) is 0.479. The van der Waals surface area contributed by atoms with Gasteiger partial charge in [-0.15, -0.1) is 0 Å². The van der Waals surface area contributed by atoms with Gasteiger partial charge in [-0.3, -0.25) is 19.2 Å². The second-order valence-corrected chi connectivity index (χ2v) is 17.1. The Labute approximate surface area is 371 Å². The largest absolute Gasteiger partial charge is 0.505 e. The Hall–Kier alpha value is -5.81. The molecule has 0 spiro atoms. The highest BCUT2D eigenvalue weighted by Gasteiger charge is 2.49. The smallest absolute Gasteiger partial charge is 0.312 e. The van der Waals surface area contributed by atoms with Gasteiger partial charge >= 0.3 is 11.8 Å². The Morgan fingerprint density at radius 2 is 1.72 bits per heavy atom. The number of ether oxygens (including phenoxy) is 5. The number of methoxy groups -OCH3 is 1. The number of nitrogens with zero attached hydrogens (tertiary/aromatic N) is 1. The number of allylic oxidation sites excluding steroid dienone is 2. The lowest BCUT2D eigenvalue weighted by atomic mass is 9.78. The first-order chi connectivity index (χ1) is 30.3. The molecule has 16 heteroatoms. The SMILES string of the molecule is CO[C@H]1/C=C/O[C@@]2(C)Oc3c(C)c(=O)c4c(O)c(c5oc6cc(OCCCCCN)ccc6nc5c4c3C2=O)NC(=O)/C(C)=C\C=C\[C@H](C)[C@H](O)[C@@H](C)[C@@H](O)[C@@H](C)[C@H](OC(C)=O)[C@@H]1C. The van der Waals surface area contributed by atoms with Crippen molar-refractivity contribution >= 4 is 56.3 Å². The highest BCUT2D eigenvalue weighted by molar-refractivity contribution is 6.26. The number of amides is 1. The Bertz CT molecular complexity index is 2600. The van der Waals surface area contributed by atoms with E-state index < -0.39 is 82.7 Å². The minimum Gasteiger partial charge on any atom is -0.505 e. The van der Waals surface area contributed by atoms with Crippen LogP contribution in [0.2, 0.25) is 0 Å². The summed E-state index contributed by atoms with van der Waals surface area (Å²) in [5.41, 5.74) is 5.09. The number of unbranched alkanes of at least 4 members (excludes halogenated alkanes) is 2. The number of aromatic hydroxyl groups is 1. The van der Waals surface area contributed by atoms with Crippen LogP contribution < -0.4 is 26.0 Å². The molecule has 0 saturated heterocycles. The number of aromatic nitrogens is 1. The Balaban J connectivity index is 1.56. The summed E-state index contributed by atoms with van der Waals surface area (Å²) >= 11 is 0. The summed E-state index contributed by atoms with van der Waals surface area (Å²) in [6, 6.07) is 4.99. The number of anilines is 1. The lowest BCUT2D eigenvalue weighted by Crippen LogP contribution is -2.46. The molecule has 4 aromatic rings. The number of rotatable bonds is 8. The van der Waals surface area contributed by atoms with E-state index in [9.17, 15) is 34.5 Å². The third-order valence-electron chi connectivity index (χ3n) is 12.4. The second kappa shape index (κ2) is 19.5. The highest BCUT2D eigenvalue weighted by Crippen LogP contribution is 2.48. The van der Waals surface area contributed by atoms with Gasteiger partial charge in [-0.05, 0) is 57.9 Å². The summed E-state index contributed by atoms with van der Waals surface area (Å²) in [6.45, 7) is 13.6. The van der Waals surface area contributed by atoms with Crippen LogP contribution in [0.4, 0.5) is 5.69 Å². The summed E-state index contributed by atoms with van der Waals surface area (Å²) in [7, 11) is 1.44. The van der Waals surface area contributed by atoms with Crippen molar-refractivity contribution < 1.29 is 57.8 Å². The fourth-order valence-electron chi connectivity index (χ4n) is 8.49. The number of nitrogens with one attached hydrogen (secondary N) is 1. The molecule has 64 heavy (non-hydrogen) atoms. The van der Waals surface area contributed by atoms with Gasteiger partial charge in [-0.2, -0.15) is 0 Å². The number of aliphatic hydroxyl groups is 2. The first kappa shape index (κ1) is 47.7. The third-order valence-corrected chi connectivity index (χ3v) is 12.4. The average Bonchev–Trinajstić information content (AvgIpc) is 3.53. The fourth-order valence-corrected chi connectivity index (χ4v) is 8.49. The Kier molecular flexibility index (Phi) is 14.5. The third kappa shape index (κ3) is 9.23. The van der Waals surface area contributed by atoms with E-state index in [0.29, 0.717) is 24.4 Å². The molecule has 4 bridgehead atoms. The molecule has 3 heterocycles. The van der Waals surface area contributed by atoms with Gasteiger partial charge in [-0.25, -0.2) is 4.98 Å². The van der Waals surface area contributed by atoms with E-state index in [1.807, 2.05) is 0 Å². The van der Waals surface area contributed by atoms with Gasteiger partial charge in [0.05, 0.1) is 42.1 Å². The van der Waals surface area contributed by atoms with Gasteiger partial charge in [0.25, 0.3) is 11.7 Å². The average molecular weight is 886 g/mol. The van der Waals surface area contributed by atoms with Crippen LogP contribution >= 0.6 is 0 Å². The lowest BCUT2D eigenvalue weighted by molar-refractivity contribution is -0.160. The van der Waals surface area contributed by atoms with Crippen molar-refractivity contribution in [3.8, 4) is 17.2 Å². The maximum Gasteiger partial charge on any atom is 0.312 e. The molecule has 6 N–H and O–H groups in total. The first-order valence-corrected chi connectivity index (χ1v) is 21.6. The van der Waals surface area contributed by atoms with Gasteiger partial charge in [0, 0.05) is 67.2 Å². The van der Waals surface area contributed by atoms with Crippen LogP contribution in [0.25, 0.3) is 33.0 Å². The van der Waals surface area contributed by atoms with Gasteiger partial charge in [0.2, 0.25) is 0 Å². The van der Waals surface area contributed by atoms with Crippen molar-refractivity contribution in [2.24, 2.45) is 29.4 Å². The van der Waals surface area contributed by atoms with Crippen molar-refractivity contribution in [1.29, 1.82) is 0 Å². The van der Waals surface area contributed by atoms with Crippen LogP contribution in [0, 0.1) is 30.6 Å². The van der Waals surface area contributed by atoms with Gasteiger partial charge in [-0.1, -0.05) is 45.9 Å². The predicted octanol–water partition coefficient (Wildman–Crippen LogP) is 6.51. The molecular formula is C48H59N3O13. The van der Waals surface area contributed by atoms with Crippen LogP contribution in [-0.2, 0) is 23.8 Å². The van der Waals surface area contributed by atoms with Crippen molar-refractivity contribution in [2.75, 3.05) is 25.6 Å². The number of hydrogen-bond acceptors (Lipinski definition) is 15. The van der Waals surface area contributed by atoms with Crippen LogP contribution in [0.3, 0.4) is 0 Å². The maximum atomic E-state index is 14.7. The summed E-state index contributed by atoms with van der Waals surface area (Å²) in [6.07, 6.45) is 6.13. The standard InChI is InChI=1S/C48H59N3O13/c1-23-14-13-15-24(2)47(58)51-38-42(56)35-34(37-45(38)63-33-22-30(16-17-31(33)50-37)60-20-12-10-11-19-49)36-44(28(6)41(35)55)64-48(8,46(36)57)61-21-18-32(59-9)25(3)43(62-29(7)52)27(5)40(54)26(4)39(23)53/h13-18,21-23,25-27,32,39-40,43,53-54,56H,10-12,19-20,49H2,1-9H3,(H,51,58)/b14-13+,21-18+,24-15-/t23-,25+,26+,27+,32-,39-,40+,43+,48-/m0/s1. The minimum atomic E-state index is -2.05. The summed E-state index contributed by atoms with van der Waals surface area (Å²) in [4.78, 5) is 60.2. The number of carbonyl (C=O) groups excluding carboxylic acids is 3. The molecule has 9 atom stereocenters. The topological polar surface area (TPSA) is 239 Å². The minimum absolute atomic E-state index is 0.0116. The number of nitrogens with two attached hydrogens (primary N) is 1. The molecule has 0 fully saturated rings. The van der Waals surface area contributed by atoms with Crippen molar-refractivity contribution in [1.82, 2.24) is 4.98 Å². The molecule has 16 nitrogen and oxygen atoms in total. The molecular weight excluding hydrogens is 827 g/mol. The number of benzene rings is 3. The number of phenolic OH excluding ortho intramolecular Hbond substituents is 1. The van der Waals surface area contributed by atoms with Crippen molar-refractivity contribution in [2.45, 2.75) is 105 Å². The molecule has 0 aliphatic carbocycles. The number of fused-ring (bicyclic) bond motifs is 2. The monoisotopic (exact) mass is 885 g/mol. The normalized spacial score (nSPS) is 28.7. The number of Topliss-reactive ketones (excluding diaryl/α,β-unsaturated/α-hetero) is 1. The number of esters is 1. The molecule has 3 aromatic carbocycles. The zero-order chi connectivity index (χ0) is 46.8. The summed E-state index contributed by atoms with van der Waals surface area (Å²) < 4.78 is 36.2.